The molecule has 5 nitrogen and oxygen atoms in total. The van der Waals surface area contributed by atoms with Crippen LogP contribution in [0.3, 0.4) is 0 Å². The second kappa shape index (κ2) is 6.28. The first-order chi connectivity index (χ1) is 11.0. The van der Waals surface area contributed by atoms with Gasteiger partial charge in [-0.1, -0.05) is 18.2 Å². The summed E-state index contributed by atoms with van der Waals surface area (Å²) in [5, 5.41) is 8.57. The molecule has 5 heteroatoms. The average Bonchev–Trinajstić information content (AvgIpc) is 3.08. The first kappa shape index (κ1) is 15.3. The summed E-state index contributed by atoms with van der Waals surface area (Å²) in [6, 6.07) is 8.13. The molecule has 0 bridgehead atoms. The van der Waals surface area contributed by atoms with Crippen molar-refractivity contribution < 1.29 is 4.79 Å². The zero-order chi connectivity index (χ0) is 16.4. The predicted octanol–water partition coefficient (Wildman–Crippen LogP) is 3.02. The summed E-state index contributed by atoms with van der Waals surface area (Å²) in [5.41, 5.74) is 4.31. The first-order valence-corrected chi connectivity index (χ1v) is 7.89. The van der Waals surface area contributed by atoms with Crippen LogP contribution in [0.2, 0.25) is 0 Å². The monoisotopic (exact) mass is 310 g/mol. The number of nitrogens with one attached hydrogen (secondary N) is 2. The van der Waals surface area contributed by atoms with E-state index in [-0.39, 0.29) is 11.9 Å². The second-order valence-electron chi connectivity index (χ2n) is 5.99. The van der Waals surface area contributed by atoms with Crippen LogP contribution >= 0.6 is 0 Å². The van der Waals surface area contributed by atoms with Crippen LogP contribution < -0.4 is 5.32 Å². The molecule has 23 heavy (non-hydrogen) atoms. The van der Waals surface area contributed by atoms with Crippen LogP contribution in [0, 0.1) is 6.92 Å². The van der Waals surface area contributed by atoms with Crippen molar-refractivity contribution in [3.63, 3.8) is 0 Å². The smallest absolute Gasteiger partial charge is 0.220 e. The minimum Gasteiger partial charge on any atom is -0.361 e. The lowest BCUT2D eigenvalue weighted by Crippen LogP contribution is -2.27. The minimum absolute atomic E-state index is 0.0285. The Morgan fingerprint density at radius 3 is 2.91 bits per heavy atom. The highest BCUT2D eigenvalue weighted by Gasteiger charge is 2.14. The van der Waals surface area contributed by atoms with Crippen LogP contribution in [0.1, 0.15) is 36.2 Å². The Balaban J connectivity index is 1.60. The van der Waals surface area contributed by atoms with Crippen molar-refractivity contribution in [2.24, 2.45) is 7.05 Å². The number of rotatable bonds is 5. The quantitative estimate of drug-likeness (QED) is 0.761. The maximum atomic E-state index is 12.2. The lowest BCUT2D eigenvalue weighted by atomic mass is 10.1. The number of para-hydroxylation sites is 1. The van der Waals surface area contributed by atoms with E-state index >= 15 is 0 Å². The summed E-state index contributed by atoms with van der Waals surface area (Å²) in [7, 11) is 1.89. The topological polar surface area (TPSA) is 62.7 Å². The first-order valence-electron chi connectivity index (χ1n) is 7.89. The molecule has 2 aromatic heterocycles. The molecule has 3 rings (SSSR count). The zero-order valence-electron chi connectivity index (χ0n) is 13.8. The van der Waals surface area contributed by atoms with E-state index in [1.54, 1.807) is 4.68 Å². The lowest BCUT2D eigenvalue weighted by molar-refractivity contribution is -0.121. The van der Waals surface area contributed by atoms with Crippen molar-refractivity contribution in [2.45, 2.75) is 32.7 Å². The largest absolute Gasteiger partial charge is 0.361 e. The SMILES string of the molecule is Cc1nn(C)cc1C(C)NC(=O)CCc1c[nH]c2ccccc12. The Labute approximate surface area is 135 Å². The predicted molar refractivity (Wildman–Crippen MR) is 91.1 cm³/mol. The van der Waals surface area contributed by atoms with Gasteiger partial charge in [0.05, 0.1) is 11.7 Å². The van der Waals surface area contributed by atoms with Crippen molar-refractivity contribution in [3.05, 3.63) is 53.5 Å². The number of carbonyl (C=O) groups is 1. The molecule has 0 radical (unpaired) electrons. The molecule has 0 aliphatic carbocycles. The van der Waals surface area contributed by atoms with Crippen LogP contribution in [0.15, 0.2) is 36.7 Å². The molecule has 0 fully saturated rings. The van der Waals surface area contributed by atoms with E-state index in [4.69, 9.17) is 0 Å². The molecule has 0 aliphatic heterocycles. The van der Waals surface area contributed by atoms with Gasteiger partial charge in [-0.05, 0) is 31.9 Å². The average molecular weight is 310 g/mol. The number of carbonyl (C=O) groups excluding carboxylic acids is 1. The Bertz CT molecular complexity index is 831. The number of fused-ring (bicyclic) bond motifs is 1. The summed E-state index contributed by atoms with van der Waals surface area (Å²) in [4.78, 5) is 15.5. The highest BCUT2D eigenvalue weighted by atomic mass is 16.1. The van der Waals surface area contributed by atoms with Crippen LogP contribution in [0.4, 0.5) is 0 Å². The summed E-state index contributed by atoms with van der Waals surface area (Å²) in [6.45, 7) is 3.96. The third kappa shape index (κ3) is 3.28. The maximum absolute atomic E-state index is 12.2. The lowest BCUT2D eigenvalue weighted by Gasteiger charge is -2.13. The van der Waals surface area contributed by atoms with Gasteiger partial charge < -0.3 is 10.3 Å². The van der Waals surface area contributed by atoms with Gasteiger partial charge in [-0.3, -0.25) is 9.48 Å². The molecule has 1 aromatic carbocycles. The van der Waals surface area contributed by atoms with Gasteiger partial charge in [-0.25, -0.2) is 0 Å². The molecular weight excluding hydrogens is 288 g/mol. The molecular formula is C18H22N4O. The number of benzene rings is 1. The van der Waals surface area contributed by atoms with Crippen LogP contribution in [0.5, 0.6) is 0 Å². The van der Waals surface area contributed by atoms with E-state index in [1.165, 1.54) is 10.9 Å². The van der Waals surface area contributed by atoms with Crippen molar-refractivity contribution >= 4 is 16.8 Å². The highest BCUT2D eigenvalue weighted by molar-refractivity contribution is 5.84. The number of hydrogen-bond donors (Lipinski definition) is 2. The van der Waals surface area contributed by atoms with Gasteiger partial charge in [-0.15, -0.1) is 0 Å². The molecule has 3 aromatic rings. The van der Waals surface area contributed by atoms with Crippen molar-refractivity contribution in [3.8, 4) is 0 Å². The Hall–Kier alpha value is -2.56. The molecule has 2 heterocycles. The van der Waals surface area contributed by atoms with Gasteiger partial charge in [0, 0.05) is 42.3 Å². The van der Waals surface area contributed by atoms with E-state index in [1.807, 2.05) is 51.5 Å². The molecule has 1 atom stereocenters. The molecule has 120 valence electrons. The van der Waals surface area contributed by atoms with Crippen LogP contribution in [0.25, 0.3) is 10.9 Å². The van der Waals surface area contributed by atoms with E-state index in [0.29, 0.717) is 6.42 Å². The summed E-state index contributed by atoms with van der Waals surface area (Å²) in [6.07, 6.45) is 5.16. The van der Waals surface area contributed by atoms with Gasteiger partial charge in [0.2, 0.25) is 5.91 Å². The number of H-pyrrole nitrogens is 1. The molecule has 0 aliphatic rings. The molecule has 0 saturated heterocycles. The molecule has 0 spiro atoms. The fourth-order valence-electron chi connectivity index (χ4n) is 3.02. The summed E-state index contributed by atoms with van der Waals surface area (Å²) < 4.78 is 1.78. The fraction of sp³-hybridized carbons (Fsp3) is 0.333. The fourth-order valence-corrected chi connectivity index (χ4v) is 3.02. The van der Waals surface area contributed by atoms with Crippen LogP contribution in [-0.2, 0) is 18.3 Å². The van der Waals surface area contributed by atoms with E-state index in [9.17, 15) is 4.79 Å². The Morgan fingerprint density at radius 2 is 2.17 bits per heavy atom. The number of nitrogens with zero attached hydrogens (tertiary/aromatic N) is 2. The molecule has 1 unspecified atom stereocenters. The number of aryl methyl sites for hydroxylation is 3. The normalized spacial score (nSPS) is 12.5. The number of aromatic amines is 1. The Morgan fingerprint density at radius 1 is 1.39 bits per heavy atom. The highest BCUT2D eigenvalue weighted by Crippen LogP contribution is 2.19. The van der Waals surface area contributed by atoms with Gasteiger partial charge in [0.25, 0.3) is 0 Å². The number of hydrogen-bond acceptors (Lipinski definition) is 2. The molecule has 2 N–H and O–H groups in total. The van der Waals surface area contributed by atoms with Crippen molar-refractivity contribution in [1.82, 2.24) is 20.1 Å². The van der Waals surface area contributed by atoms with Gasteiger partial charge in [-0.2, -0.15) is 5.10 Å². The molecule has 0 saturated carbocycles. The number of amides is 1. The van der Waals surface area contributed by atoms with Crippen LogP contribution in [-0.4, -0.2) is 20.7 Å². The summed E-state index contributed by atoms with van der Waals surface area (Å²) >= 11 is 0. The van der Waals surface area contributed by atoms with Gasteiger partial charge in [0.1, 0.15) is 0 Å². The minimum atomic E-state index is -0.0285. The van der Waals surface area contributed by atoms with E-state index in [2.05, 4.69) is 21.5 Å². The zero-order valence-corrected chi connectivity index (χ0v) is 13.8. The van der Waals surface area contributed by atoms with Gasteiger partial charge in [0.15, 0.2) is 0 Å². The van der Waals surface area contributed by atoms with Crippen molar-refractivity contribution in [1.29, 1.82) is 0 Å². The second-order valence-corrected chi connectivity index (χ2v) is 5.99. The summed E-state index contributed by atoms with van der Waals surface area (Å²) in [5.74, 6) is 0.0611. The van der Waals surface area contributed by atoms with E-state index < -0.39 is 0 Å². The standard InChI is InChI=1S/C18H22N4O/c1-12(16-11-22(3)21-13(16)2)20-18(23)9-8-14-10-19-17-7-5-4-6-15(14)17/h4-7,10-12,19H,8-9H2,1-3H3,(H,20,23). The van der Waals surface area contributed by atoms with E-state index in [0.717, 1.165) is 23.2 Å². The van der Waals surface area contributed by atoms with Crippen molar-refractivity contribution in [2.75, 3.05) is 0 Å². The third-order valence-electron chi connectivity index (χ3n) is 4.19. The third-order valence-corrected chi connectivity index (χ3v) is 4.19. The van der Waals surface area contributed by atoms with Gasteiger partial charge >= 0.3 is 0 Å². The maximum Gasteiger partial charge on any atom is 0.220 e. The molecule has 1 amide bonds. The Kier molecular flexibility index (Phi) is 4.19. The number of aromatic nitrogens is 3.